The van der Waals surface area contributed by atoms with E-state index in [0.29, 0.717) is 15.2 Å². The monoisotopic (exact) mass is 446 g/mol. The number of amides is 2. The first-order valence-electron chi connectivity index (χ1n) is 8.36. The molecule has 0 atom stereocenters. The molecular formula is C19H16BrFN4O3. The Morgan fingerprint density at radius 2 is 1.71 bits per heavy atom. The van der Waals surface area contributed by atoms with Crippen LogP contribution in [0.15, 0.2) is 51.7 Å². The Morgan fingerprint density at radius 3 is 2.36 bits per heavy atom. The zero-order valence-electron chi connectivity index (χ0n) is 15.0. The van der Waals surface area contributed by atoms with Gasteiger partial charge in [-0.15, -0.1) is 0 Å². The van der Waals surface area contributed by atoms with Crippen molar-refractivity contribution in [3.05, 3.63) is 74.4 Å². The van der Waals surface area contributed by atoms with Gasteiger partial charge in [-0.3, -0.25) is 25.2 Å². The number of hydrogen-bond donors (Lipinski definition) is 2. The molecule has 1 aromatic heterocycles. The number of hydrogen-bond acceptors (Lipinski definition) is 4. The highest BCUT2D eigenvalue weighted by molar-refractivity contribution is 9.10. The molecule has 7 nitrogen and oxygen atoms in total. The van der Waals surface area contributed by atoms with E-state index in [2.05, 4.69) is 31.9 Å². The lowest BCUT2D eigenvalue weighted by atomic mass is 10.1. The smallest absolute Gasteiger partial charge is 0.267 e. The molecule has 3 rings (SSSR count). The van der Waals surface area contributed by atoms with Gasteiger partial charge in [0.15, 0.2) is 5.69 Å². The van der Waals surface area contributed by atoms with Crippen LogP contribution in [0.25, 0.3) is 10.8 Å². The minimum atomic E-state index is -0.700. The SMILES string of the molecule is CC(C)n1nc(C(=O)NNC(=O)c2cc(F)cc(Br)c2)c2ccccc2c1=O. The van der Waals surface area contributed by atoms with Gasteiger partial charge in [0, 0.05) is 15.4 Å². The van der Waals surface area contributed by atoms with Gasteiger partial charge >= 0.3 is 0 Å². The third kappa shape index (κ3) is 3.94. The van der Waals surface area contributed by atoms with Gasteiger partial charge in [0.2, 0.25) is 0 Å². The molecule has 0 aliphatic heterocycles. The summed E-state index contributed by atoms with van der Waals surface area (Å²) in [4.78, 5) is 37.3. The predicted molar refractivity (Wildman–Crippen MR) is 105 cm³/mol. The Morgan fingerprint density at radius 1 is 1.07 bits per heavy atom. The molecule has 0 fully saturated rings. The quantitative estimate of drug-likeness (QED) is 0.604. The molecule has 2 amide bonds. The first-order valence-corrected chi connectivity index (χ1v) is 9.15. The molecule has 2 aromatic carbocycles. The van der Waals surface area contributed by atoms with Gasteiger partial charge < -0.3 is 0 Å². The van der Waals surface area contributed by atoms with E-state index in [9.17, 15) is 18.8 Å². The van der Waals surface area contributed by atoms with Gasteiger partial charge in [-0.2, -0.15) is 5.10 Å². The molecule has 0 unspecified atom stereocenters. The number of fused-ring (bicyclic) bond motifs is 1. The zero-order valence-corrected chi connectivity index (χ0v) is 16.6. The first kappa shape index (κ1) is 19.7. The highest BCUT2D eigenvalue weighted by Crippen LogP contribution is 2.16. The largest absolute Gasteiger partial charge is 0.290 e. The number of benzene rings is 2. The number of rotatable bonds is 3. The molecule has 0 bridgehead atoms. The number of hydrazine groups is 1. The van der Waals surface area contributed by atoms with E-state index < -0.39 is 17.6 Å². The number of halogens is 2. The van der Waals surface area contributed by atoms with Crippen molar-refractivity contribution < 1.29 is 14.0 Å². The molecule has 0 aliphatic rings. The second-order valence-corrected chi connectivity index (χ2v) is 7.22. The highest BCUT2D eigenvalue weighted by atomic mass is 79.9. The summed E-state index contributed by atoms with van der Waals surface area (Å²) in [5.41, 5.74) is 4.19. The van der Waals surface area contributed by atoms with E-state index in [0.717, 1.165) is 6.07 Å². The number of carbonyl (C=O) groups excluding carboxylic acids is 2. The highest BCUT2D eigenvalue weighted by Gasteiger charge is 2.18. The molecule has 0 spiro atoms. The van der Waals surface area contributed by atoms with Gasteiger partial charge in [0.1, 0.15) is 5.82 Å². The molecule has 144 valence electrons. The van der Waals surface area contributed by atoms with E-state index in [1.807, 2.05) is 0 Å². The standard InChI is InChI=1S/C19H16BrFN4O3/c1-10(2)25-19(28)15-6-4-3-5-14(15)16(24-25)18(27)23-22-17(26)11-7-12(20)9-13(21)8-11/h3-10H,1-2H3,(H,22,26)(H,23,27). The Kier molecular flexibility index (Phi) is 5.55. The fourth-order valence-corrected chi connectivity index (χ4v) is 3.12. The average molecular weight is 447 g/mol. The maximum atomic E-state index is 13.4. The first-order chi connectivity index (χ1) is 13.3. The van der Waals surface area contributed by atoms with E-state index >= 15 is 0 Å². The minimum absolute atomic E-state index is 0.00961. The summed E-state index contributed by atoms with van der Waals surface area (Å²) in [5, 5.41) is 4.86. The lowest BCUT2D eigenvalue weighted by Gasteiger charge is -2.14. The molecule has 28 heavy (non-hydrogen) atoms. The summed E-state index contributed by atoms with van der Waals surface area (Å²) in [6, 6.07) is 9.99. The Labute approximate surface area is 167 Å². The molecule has 1 heterocycles. The lowest BCUT2D eigenvalue weighted by Crippen LogP contribution is -2.43. The van der Waals surface area contributed by atoms with Crippen molar-refractivity contribution in [1.82, 2.24) is 20.6 Å². The fraction of sp³-hybridized carbons (Fsp3) is 0.158. The van der Waals surface area contributed by atoms with E-state index in [-0.39, 0.29) is 22.9 Å². The van der Waals surface area contributed by atoms with Crippen molar-refractivity contribution in [3.8, 4) is 0 Å². The van der Waals surface area contributed by atoms with Gasteiger partial charge in [-0.25, -0.2) is 9.07 Å². The summed E-state index contributed by atoms with van der Waals surface area (Å²) in [5.74, 6) is -1.99. The number of nitrogens with zero attached hydrogens (tertiary/aromatic N) is 2. The molecule has 0 saturated heterocycles. The third-order valence-electron chi connectivity index (χ3n) is 3.95. The van der Waals surface area contributed by atoms with Crippen LogP contribution >= 0.6 is 15.9 Å². The van der Waals surface area contributed by atoms with Gasteiger partial charge in [0.25, 0.3) is 17.4 Å². The molecule has 2 N–H and O–H groups in total. The lowest BCUT2D eigenvalue weighted by molar-refractivity contribution is 0.0843. The molecule has 9 heteroatoms. The normalized spacial score (nSPS) is 10.9. The van der Waals surface area contributed by atoms with Crippen molar-refractivity contribution in [1.29, 1.82) is 0 Å². The van der Waals surface area contributed by atoms with Crippen LogP contribution in [0, 0.1) is 5.82 Å². The average Bonchev–Trinajstić information content (AvgIpc) is 2.65. The van der Waals surface area contributed by atoms with Crippen LogP contribution in [0.5, 0.6) is 0 Å². The second kappa shape index (κ2) is 7.89. The van der Waals surface area contributed by atoms with Crippen LogP contribution in [-0.2, 0) is 0 Å². The number of nitrogens with one attached hydrogen (secondary N) is 2. The number of carbonyl (C=O) groups is 2. The summed E-state index contributed by atoms with van der Waals surface area (Å²) < 4.78 is 15.0. The molecule has 0 aliphatic carbocycles. The van der Waals surface area contributed by atoms with Gasteiger partial charge in [-0.1, -0.05) is 34.1 Å². The molecular weight excluding hydrogens is 431 g/mol. The predicted octanol–water partition coefficient (Wildman–Crippen LogP) is 2.95. The molecule has 0 saturated carbocycles. The van der Waals surface area contributed by atoms with Crippen LogP contribution in [-0.4, -0.2) is 21.6 Å². The van der Waals surface area contributed by atoms with E-state index in [4.69, 9.17) is 0 Å². The van der Waals surface area contributed by atoms with Crippen LogP contribution < -0.4 is 16.4 Å². The second-order valence-electron chi connectivity index (χ2n) is 6.30. The summed E-state index contributed by atoms with van der Waals surface area (Å²) in [6.07, 6.45) is 0. The Bertz CT molecular complexity index is 1120. The van der Waals surface area contributed by atoms with Crippen molar-refractivity contribution in [2.45, 2.75) is 19.9 Å². The summed E-state index contributed by atoms with van der Waals surface area (Å²) in [6.45, 7) is 3.54. The van der Waals surface area contributed by atoms with E-state index in [1.54, 1.807) is 38.1 Å². The maximum absolute atomic E-state index is 13.4. The van der Waals surface area contributed by atoms with Crippen LogP contribution in [0.2, 0.25) is 0 Å². The van der Waals surface area contributed by atoms with Crippen LogP contribution in [0.1, 0.15) is 40.7 Å². The maximum Gasteiger partial charge on any atom is 0.290 e. The zero-order chi connectivity index (χ0) is 20.4. The minimum Gasteiger partial charge on any atom is -0.267 e. The molecule has 0 radical (unpaired) electrons. The van der Waals surface area contributed by atoms with Crippen molar-refractivity contribution in [3.63, 3.8) is 0 Å². The van der Waals surface area contributed by atoms with Crippen LogP contribution in [0.3, 0.4) is 0 Å². The topological polar surface area (TPSA) is 93.1 Å². The van der Waals surface area contributed by atoms with E-state index in [1.165, 1.54) is 16.8 Å². The van der Waals surface area contributed by atoms with Gasteiger partial charge in [0.05, 0.1) is 11.4 Å². The Hall–Kier alpha value is -3.07. The fourth-order valence-electron chi connectivity index (χ4n) is 2.65. The van der Waals surface area contributed by atoms with Crippen molar-refractivity contribution >= 4 is 38.5 Å². The summed E-state index contributed by atoms with van der Waals surface area (Å²) >= 11 is 3.10. The van der Waals surface area contributed by atoms with Crippen LogP contribution in [0.4, 0.5) is 4.39 Å². The molecule has 3 aromatic rings. The van der Waals surface area contributed by atoms with Crippen molar-refractivity contribution in [2.75, 3.05) is 0 Å². The van der Waals surface area contributed by atoms with Crippen molar-refractivity contribution in [2.24, 2.45) is 0 Å². The Balaban J connectivity index is 1.90. The van der Waals surface area contributed by atoms with Gasteiger partial charge in [-0.05, 0) is 38.1 Å². The summed E-state index contributed by atoms with van der Waals surface area (Å²) in [7, 11) is 0. The third-order valence-corrected chi connectivity index (χ3v) is 4.40. The number of aromatic nitrogens is 2.